The Morgan fingerprint density at radius 3 is 2.74 bits per heavy atom. The smallest absolute Gasteiger partial charge is 0.433 e. The Morgan fingerprint density at radius 2 is 2.21 bits per heavy atom. The van der Waals surface area contributed by atoms with Crippen molar-refractivity contribution >= 4 is 5.91 Å². The number of pyridine rings is 1. The molecule has 2 N–H and O–H groups in total. The maximum atomic E-state index is 12.6. The van der Waals surface area contributed by atoms with E-state index in [0.29, 0.717) is 19.1 Å². The first-order valence-electron chi connectivity index (χ1n) is 5.50. The fraction of sp³-hybridized carbons (Fsp3) is 0.455. The summed E-state index contributed by atoms with van der Waals surface area (Å²) in [5, 5.41) is 0. The molecule has 1 aliphatic rings. The number of carbonyl (C=O) groups excluding carboxylic acids is 1. The van der Waals surface area contributed by atoms with Crippen molar-refractivity contribution in [1.82, 2.24) is 4.98 Å². The van der Waals surface area contributed by atoms with Crippen LogP contribution in [0.5, 0.6) is 5.88 Å². The van der Waals surface area contributed by atoms with Gasteiger partial charge in [-0.15, -0.1) is 0 Å². The minimum atomic E-state index is -4.61. The van der Waals surface area contributed by atoms with Crippen LogP contribution in [0.4, 0.5) is 13.2 Å². The summed E-state index contributed by atoms with van der Waals surface area (Å²) in [6.07, 6.45) is -4.51. The van der Waals surface area contributed by atoms with Gasteiger partial charge in [-0.25, -0.2) is 4.98 Å². The van der Waals surface area contributed by atoms with E-state index >= 15 is 0 Å². The second kappa shape index (κ2) is 5.04. The van der Waals surface area contributed by atoms with E-state index in [0.717, 1.165) is 6.07 Å². The van der Waals surface area contributed by atoms with Gasteiger partial charge in [0, 0.05) is 6.42 Å². The molecule has 19 heavy (non-hydrogen) atoms. The molecule has 0 aliphatic carbocycles. The minimum absolute atomic E-state index is 0.181. The van der Waals surface area contributed by atoms with Gasteiger partial charge in [0.15, 0.2) is 0 Å². The van der Waals surface area contributed by atoms with Gasteiger partial charge in [-0.1, -0.05) is 0 Å². The summed E-state index contributed by atoms with van der Waals surface area (Å²) in [5.41, 5.74) is 3.76. The number of nitrogens with two attached hydrogens (primary N) is 1. The van der Waals surface area contributed by atoms with Gasteiger partial charge < -0.3 is 15.2 Å². The lowest BCUT2D eigenvalue weighted by molar-refractivity contribution is -0.141. The van der Waals surface area contributed by atoms with Crippen molar-refractivity contribution in [1.29, 1.82) is 0 Å². The summed E-state index contributed by atoms with van der Waals surface area (Å²) in [7, 11) is 0. The Balaban J connectivity index is 2.32. The standard InChI is InChI=1S/C11H11F3N2O3/c12-11(13,14)8-2-1-7(9(15)17)10(16-8)19-6-3-4-18-5-6/h1-2,6H,3-5H2,(H2,15,17). The van der Waals surface area contributed by atoms with E-state index in [1.165, 1.54) is 0 Å². The molecule has 1 amide bonds. The van der Waals surface area contributed by atoms with E-state index in [2.05, 4.69) is 4.98 Å². The molecular formula is C11H11F3N2O3. The van der Waals surface area contributed by atoms with Gasteiger partial charge in [-0.3, -0.25) is 4.79 Å². The second-order valence-corrected chi connectivity index (χ2v) is 4.01. The van der Waals surface area contributed by atoms with Crippen LogP contribution < -0.4 is 10.5 Å². The van der Waals surface area contributed by atoms with Crippen LogP contribution in [-0.4, -0.2) is 30.2 Å². The third-order valence-corrected chi connectivity index (χ3v) is 2.58. The molecular weight excluding hydrogens is 265 g/mol. The first kappa shape index (κ1) is 13.6. The van der Waals surface area contributed by atoms with Crippen LogP contribution in [-0.2, 0) is 10.9 Å². The topological polar surface area (TPSA) is 74.4 Å². The van der Waals surface area contributed by atoms with Crippen LogP contribution in [0.2, 0.25) is 0 Å². The maximum absolute atomic E-state index is 12.6. The molecule has 8 heteroatoms. The Hall–Kier alpha value is -1.83. The van der Waals surface area contributed by atoms with E-state index in [1.807, 2.05) is 0 Å². The molecule has 0 spiro atoms. The highest BCUT2D eigenvalue weighted by Crippen LogP contribution is 2.30. The number of hydrogen-bond donors (Lipinski definition) is 1. The summed E-state index contributed by atoms with van der Waals surface area (Å²) in [6.45, 7) is 0.700. The predicted octanol–water partition coefficient (Wildman–Crippen LogP) is 1.37. The summed E-state index contributed by atoms with van der Waals surface area (Å²) in [5.74, 6) is -1.30. The maximum Gasteiger partial charge on any atom is 0.433 e. The van der Waals surface area contributed by atoms with Gasteiger partial charge >= 0.3 is 6.18 Å². The summed E-state index contributed by atoms with van der Waals surface area (Å²) in [4.78, 5) is 14.5. The van der Waals surface area contributed by atoms with E-state index in [4.69, 9.17) is 15.2 Å². The van der Waals surface area contributed by atoms with Crippen LogP contribution in [0.3, 0.4) is 0 Å². The molecule has 1 aromatic heterocycles. The highest BCUT2D eigenvalue weighted by atomic mass is 19.4. The van der Waals surface area contributed by atoms with Crippen molar-refractivity contribution in [2.75, 3.05) is 13.2 Å². The minimum Gasteiger partial charge on any atom is -0.471 e. The van der Waals surface area contributed by atoms with Gasteiger partial charge in [0.2, 0.25) is 5.88 Å². The normalized spacial score (nSPS) is 19.4. The van der Waals surface area contributed by atoms with Gasteiger partial charge in [0.05, 0.1) is 13.2 Å². The number of rotatable bonds is 3. The zero-order valence-electron chi connectivity index (χ0n) is 9.74. The van der Waals surface area contributed by atoms with Crippen LogP contribution in [0.25, 0.3) is 0 Å². The van der Waals surface area contributed by atoms with Crippen molar-refractivity contribution in [2.45, 2.75) is 18.7 Å². The van der Waals surface area contributed by atoms with E-state index in [1.54, 1.807) is 0 Å². The average Bonchev–Trinajstić information content (AvgIpc) is 2.80. The predicted molar refractivity (Wildman–Crippen MR) is 57.6 cm³/mol. The molecule has 1 unspecified atom stereocenters. The zero-order valence-corrected chi connectivity index (χ0v) is 9.74. The van der Waals surface area contributed by atoms with Gasteiger partial charge in [0.25, 0.3) is 5.91 Å². The van der Waals surface area contributed by atoms with Crippen molar-refractivity contribution < 1.29 is 27.4 Å². The highest BCUT2D eigenvalue weighted by Gasteiger charge is 2.34. The van der Waals surface area contributed by atoms with Gasteiger partial charge in [0.1, 0.15) is 17.4 Å². The number of nitrogens with zero attached hydrogens (tertiary/aromatic N) is 1. The molecule has 1 saturated heterocycles. The molecule has 0 bridgehead atoms. The van der Waals surface area contributed by atoms with Gasteiger partial charge in [-0.2, -0.15) is 13.2 Å². The molecule has 1 fully saturated rings. The molecule has 0 aromatic carbocycles. The quantitative estimate of drug-likeness (QED) is 0.904. The van der Waals surface area contributed by atoms with Gasteiger partial charge in [-0.05, 0) is 12.1 Å². The largest absolute Gasteiger partial charge is 0.471 e. The molecule has 104 valence electrons. The van der Waals surface area contributed by atoms with E-state index in [9.17, 15) is 18.0 Å². The summed E-state index contributed by atoms with van der Waals surface area (Å²) >= 11 is 0. The van der Waals surface area contributed by atoms with Crippen LogP contribution in [0.15, 0.2) is 12.1 Å². The fourth-order valence-electron chi connectivity index (χ4n) is 1.64. The van der Waals surface area contributed by atoms with E-state index in [-0.39, 0.29) is 12.2 Å². The lowest BCUT2D eigenvalue weighted by atomic mass is 10.2. The fourth-order valence-corrected chi connectivity index (χ4v) is 1.64. The zero-order chi connectivity index (χ0) is 14.0. The molecule has 0 saturated carbocycles. The third kappa shape index (κ3) is 3.14. The molecule has 1 aromatic rings. The highest BCUT2D eigenvalue weighted by molar-refractivity contribution is 5.95. The number of primary amides is 1. The lowest BCUT2D eigenvalue weighted by Crippen LogP contribution is -2.22. The molecule has 2 heterocycles. The Kier molecular flexibility index (Phi) is 3.61. The molecule has 1 aliphatic heterocycles. The van der Waals surface area contributed by atoms with Crippen LogP contribution >= 0.6 is 0 Å². The first-order chi connectivity index (χ1) is 8.88. The van der Waals surface area contributed by atoms with Crippen molar-refractivity contribution in [3.63, 3.8) is 0 Å². The number of carbonyl (C=O) groups is 1. The number of amides is 1. The van der Waals surface area contributed by atoms with Crippen LogP contribution in [0, 0.1) is 0 Å². The Bertz CT molecular complexity index is 485. The van der Waals surface area contributed by atoms with Crippen molar-refractivity contribution in [2.24, 2.45) is 5.73 Å². The summed E-state index contributed by atoms with van der Waals surface area (Å²) < 4.78 is 48.0. The van der Waals surface area contributed by atoms with Crippen molar-refractivity contribution in [3.05, 3.63) is 23.4 Å². The number of ether oxygens (including phenoxy) is 2. The van der Waals surface area contributed by atoms with Crippen molar-refractivity contribution in [3.8, 4) is 5.88 Å². The first-order valence-corrected chi connectivity index (χ1v) is 5.50. The Morgan fingerprint density at radius 1 is 1.47 bits per heavy atom. The monoisotopic (exact) mass is 276 g/mol. The Labute approximate surface area is 106 Å². The van der Waals surface area contributed by atoms with Crippen LogP contribution in [0.1, 0.15) is 22.5 Å². The molecule has 5 nitrogen and oxygen atoms in total. The number of halogens is 3. The summed E-state index contributed by atoms with van der Waals surface area (Å²) in [6, 6.07) is 1.65. The lowest BCUT2D eigenvalue weighted by Gasteiger charge is -2.15. The number of alkyl halides is 3. The third-order valence-electron chi connectivity index (χ3n) is 2.58. The molecule has 2 rings (SSSR count). The molecule has 0 radical (unpaired) electrons. The number of aromatic nitrogens is 1. The van der Waals surface area contributed by atoms with E-state index < -0.39 is 29.8 Å². The molecule has 1 atom stereocenters. The number of hydrogen-bond acceptors (Lipinski definition) is 4. The second-order valence-electron chi connectivity index (χ2n) is 4.01. The SMILES string of the molecule is NC(=O)c1ccc(C(F)(F)F)nc1OC1CCOC1. The average molecular weight is 276 g/mol.